The molecule has 4 atom stereocenters. The smallest absolute Gasteiger partial charge is 0.0122 e. The molecule has 2 rings (SSSR count). The van der Waals surface area contributed by atoms with E-state index in [1.165, 1.54) is 25.7 Å². The summed E-state index contributed by atoms with van der Waals surface area (Å²) in [6.07, 6.45) is 8.96. The van der Waals surface area contributed by atoms with Gasteiger partial charge in [0.05, 0.1) is 0 Å². The Balaban J connectivity index is 1.86. The molecular formula is C14H25Br. The van der Waals surface area contributed by atoms with Crippen molar-refractivity contribution in [3.05, 3.63) is 0 Å². The van der Waals surface area contributed by atoms with Gasteiger partial charge in [-0.1, -0.05) is 43.1 Å². The predicted molar refractivity (Wildman–Crippen MR) is 70.3 cm³/mol. The fourth-order valence-electron chi connectivity index (χ4n) is 4.18. The minimum Gasteiger partial charge on any atom is -0.0893 e. The Labute approximate surface area is 103 Å². The molecule has 0 nitrogen and oxygen atoms in total. The lowest BCUT2D eigenvalue weighted by atomic mass is 9.74. The normalized spacial score (nSPS) is 37.2. The second-order valence-electron chi connectivity index (χ2n) is 6.79. The van der Waals surface area contributed by atoms with Gasteiger partial charge >= 0.3 is 0 Å². The molecule has 88 valence electrons. The lowest BCUT2D eigenvalue weighted by molar-refractivity contribution is 0.197. The van der Waals surface area contributed by atoms with Gasteiger partial charge in [-0.2, -0.15) is 0 Å². The van der Waals surface area contributed by atoms with E-state index in [2.05, 4.69) is 36.7 Å². The predicted octanol–water partition coefficient (Wildman–Crippen LogP) is 5.01. The highest BCUT2D eigenvalue weighted by Gasteiger charge is 2.41. The Hall–Kier alpha value is 0.480. The first-order valence-electron chi connectivity index (χ1n) is 6.60. The van der Waals surface area contributed by atoms with E-state index in [0.29, 0.717) is 10.2 Å². The van der Waals surface area contributed by atoms with Crippen molar-refractivity contribution < 1.29 is 0 Å². The third-order valence-corrected chi connectivity index (χ3v) is 4.86. The molecule has 0 aromatic heterocycles. The van der Waals surface area contributed by atoms with Crippen LogP contribution in [0.3, 0.4) is 0 Å². The summed E-state index contributed by atoms with van der Waals surface area (Å²) >= 11 is 3.70. The summed E-state index contributed by atoms with van der Waals surface area (Å²) in [4.78, 5) is 0.672. The number of alkyl halides is 1. The van der Waals surface area contributed by atoms with Crippen LogP contribution in [-0.4, -0.2) is 4.83 Å². The fourth-order valence-corrected chi connectivity index (χ4v) is 5.06. The van der Waals surface area contributed by atoms with Gasteiger partial charge in [0.25, 0.3) is 0 Å². The molecule has 0 spiro atoms. The highest BCUT2D eigenvalue weighted by Crippen LogP contribution is 2.52. The molecule has 2 fully saturated rings. The average Bonchev–Trinajstić information content (AvgIpc) is 2.60. The van der Waals surface area contributed by atoms with Gasteiger partial charge in [-0.05, 0) is 55.3 Å². The molecule has 0 amide bonds. The molecule has 0 aromatic carbocycles. The summed E-state index contributed by atoms with van der Waals surface area (Å²) in [5, 5.41) is 0. The molecule has 0 saturated heterocycles. The van der Waals surface area contributed by atoms with E-state index in [-0.39, 0.29) is 0 Å². The monoisotopic (exact) mass is 272 g/mol. The number of hydrogen-bond acceptors (Lipinski definition) is 0. The Morgan fingerprint density at radius 3 is 2.47 bits per heavy atom. The molecule has 2 aliphatic rings. The summed E-state index contributed by atoms with van der Waals surface area (Å²) in [5.41, 5.74) is 0.540. The van der Waals surface area contributed by atoms with Crippen LogP contribution in [0.4, 0.5) is 0 Å². The van der Waals surface area contributed by atoms with Gasteiger partial charge in [-0.3, -0.25) is 0 Å². The Morgan fingerprint density at radius 1 is 1.27 bits per heavy atom. The summed E-state index contributed by atoms with van der Waals surface area (Å²) in [7, 11) is 0. The highest BCUT2D eigenvalue weighted by atomic mass is 79.9. The third-order valence-electron chi connectivity index (χ3n) is 4.53. The minimum atomic E-state index is 0.540. The zero-order valence-corrected chi connectivity index (χ0v) is 12.0. The van der Waals surface area contributed by atoms with Crippen molar-refractivity contribution in [2.45, 2.75) is 64.1 Å². The van der Waals surface area contributed by atoms with Crippen LogP contribution < -0.4 is 0 Å². The summed E-state index contributed by atoms with van der Waals surface area (Å²) in [6.45, 7) is 7.19. The van der Waals surface area contributed by atoms with E-state index in [0.717, 1.165) is 17.8 Å². The van der Waals surface area contributed by atoms with Crippen molar-refractivity contribution in [3.63, 3.8) is 0 Å². The summed E-state index contributed by atoms with van der Waals surface area (Å²) in [5.74, 6) is 3.27. The van der Waals surface area contributed by atoms with Crippen molar-refractivity contribution in [2.75, 3.05) is 0 Å². The molecule has 2 saturated carbocycles. The Morgan fingerprint density at radius 2 is 2.00 bits per heavy atom. The number of rotatable bonds is 4. The van der Waals surface area contributed by atoms with Gasteiger partial charge in [0.1, 0.15) is 0 Å². The highest BCUT2D eigenvalue weighted by molar-refractivity contribution is 9.09. The minimum absolute atomic E-state index is 0.540. The van der Waals surface area contributed by atoms with E-state index in [9.17, 15) is 0 Å². The quantitative estimate of drug-likeness (QED) is 0.631. The van der Waals surface area contributed by atoms with Gasteiger partial charge < -0.3 is 0 Å². The Kier molecular flexibility index (Phi) is 3.50. The van der Waals surface area contributed by atoms with Crippen LogP contribution in [0.2, 0.25) is 0 Å². The first kappa shape index (κ1) is 12.0. The SMILES string of the molecule is CC(Br)CC(C)(C)CC1CC2CCC1C2. The molecule has 0 aliphatic heterocycles. The molecule has 0 aromatic rings. The van der Waals surface area contributed by atoms with E-state index >= 15 is 0 Å². The molecule has 15 heavy (non-hydrogen) atoms. The molecule has 1 heteroatoms. The number of hydrogen-bond donors (Lipinski definition) is 0. The van der Waals surface area contributed by atoms with Crippen molar-refractivity contribution in [2.24, 2.45) is 23.2 Å². The largest absolute Gasteiger partial charge is 0.0893 e. The molecule has 4 unspecified atom stereocenters. The van der Waals surface area contributed by atoms with E-state index in [1.54, 1.807) is 12.8 Å². The van der Waals surface area contributed by atoms with Gasteiger partial charge in [0, 0.05) is 4.83 Å². The van der Waals surface area contributed by atoms with Crippen LogP contribution >= 0.6 is 15.9 Å². The number of fused-ring (bicyclic) bond motifs is 2. The van der Waals surface area contributed by atoms with Crippen LogP contribution in [-0.2, 0) is 0 Å². The van der Waals surface area contributed by atoms with Gasteiger partial charge in [0.15, 0.2) is 0 Å². The second-order valence-corrected chi connectivity index (χ2v) is 8.35. The maximum absolute atomic E-state index is 3.70. The van der Waals surface area contributed by atoms with Crippen molar-refractivity contribution in [3.8, 4) is 0 Å². The van der Waals surface area contributed by atoms with Gasteiger partial charge in [0.2, 0.25) is 0 Å². The molecule has 0 N–H and O–H groups in total. The van der Waals surface area contributed by atoms with Crippen LogP contribution in [0.1, 0.15) is 59.3 Å². The van der Waals surface area contributed by atoms with Crippen LogP contribution in [0, 0.1) is 23.2 Å². The zero-order chi connectivity index (χ0) is 11.1. The summed E-state index contributed by atoms with van der Waals surface area (Å²) in [6, 6.07) is 0. The average molecular weight is 273 g/mol. The topological polar surface area (TPSA) is 0 Å². The Bertz CT molecular complexity index is 219. The first-order chi connectivity index (χ1) is 6.96. The lowest BCUT2D eigenvalue weighted by Crippen LogP contribution is -2.23. The molecular weight excluding hydrogens is 248 g/mol. The molecule has 0 heterocycles. The molecule has 0 radical (unpaired) electrons. The van der Waals surface area contributed by atoms with Gasteiger partial charge in [-0.15, -0.1) is 0 Å². The zero-order valence-electron chi connectivity index (χ0n) is 10.4. The van der Waals surface area contributed by atoms with E-state index in [1.807, 2.05) is 0 Å². The first-order valence-corrected chi connectivity index (χ1v) is 7.52. The van der Waals surface area contributed by atoms with Crippen LogP contribution in [0.15, 0.2) is 0 Å². The molecule has 2 aliphatic carbocycles. The second kappa shape index (κ2) is 4.39. The van der Waals surface area contributed by atoms with Crippen LogP contribution in [0.5, 0.6) is 0 Å². The van der Waals surface area contributed by atoms with E-state index < -0.39 is 0 Å². The van der Waals surface area contributed by atoms with Crippen molar-refractivity contribution in [1.29, 1.82) is 0 Å². The maximum Gasteiger partial charge on any atom is 0.0122 e. The van der Waals surface area contributed by atoms with E-state index in [4.69, 9.17) is 0 Å². The number of halogens is 1. The lowest BCUT2D eigenvalue weighted by Gasteiger charge is -2.33. The fraction of sp³-hybridized carbons (Fsp3) is 1.00. The molecule has 2 bridgehead atoms. The van der Waals surface area contributed by atoms with Gasteiger partial charge in [-0.25, -0.2) is 0 Å². The van der Waals surface area contributed by atoms with Crippen molar-refractivity contribution >= 4 is 15.9 Å². The third kappa shape index (κ3) is 2.99. The van der Waals surface area contributed by atoms with Crippen LogP contribution in [0.25, 0.3) is 0 Å². The van der Waals surface area contributed by atoms with Crippen molar-refractivity contribution in [1.82, 2.24) is 0 Å². The maximum atomic E-state index is 3.70. The summed E-state index contributed by atoms with van der Waals surface area (Å²) < 4.78 is 0. The standard InChI is InChI=1S/C14H25Br/c1-10(15)8-14(2,3)9-13-7-11-4-5-12(13)6-11/h10-13H,4-9H2,1-3H3.